The minimum Gasteiger partial charge on any atom is -0.497 e. The molecule has 1 aliphatic heterocycles. The van der Waals surface area contributed by atoms with Crippen LogP contribution in [0.2, 0.25) is 0 Å². The normalized spacial score (nSPS) is 14.4. The number of nitrogens with one attached hydrogen (secondary N) is 2. The number of methoxy groups -OCH3 is 1. The number of carbonyl (C=O) groups excluding carboxylic acids is 1. The van der Waals surface area contributed by atoms with Gasteiger partial charge in [0.2, 0.25) is 0 Å². The van der Waals surface area contributed by atoms with Gasteiger partial charge >= 0.3 is 0 Å². The Balaban J connectivity index is 1.67. The zero-order chi connectivity index (χ0) is 20.4. The molecule has 2 aromatic heterocycles. The number of aromatic amines is 1. The third-order valence-corrected chi connectivity index (χ3v) is 5.32. The smallest absolute Gasteiger partial charge is 0.186 e. The van der Waals surface area contributed by atoms with Gasteiger partial charge in [-0.25, -0.2) is 14.4 Å². The zero-order valence-corrected chi connectivity index (χ0v) is 16.6. The molecule has 1 aromatic carbocycles. The molecule has 0 unspecified atom stereocenters. The Morgan fingerprint density at radius 3 is 2.83 bits per heavy atom. The fourth-order valence-electron chi connectivity index (χ4n) is 3.75. The molecule has 0 radical (unpaired) electrons. The number of anilines is 1. The summed E-state index contributed by atoms with van der Waals surface area (Å²) in [5, 5.41) is 3.83. The van der Waals surface area contributed by atoms with Crippen LogP contribution in [0.25, 0.3) is 22.4 Å². The zero-order valence-electron chi connectivity index (χ0n) is 16.6. The van der Waals surface area contributed by atoms with Crippen molar-refractivity contribution >= 4 is 23.0 Å². The molecule has 1 saturated heterocycles. The first kappa shape index (κ1) is 19.3. The van der Waals surface area contributed by atoms with E-state index in [2.05, 4.69) is 25.2 Å². The van der Waals surface area contributed by atoms with Crippen LogP contribution in [0.15, 0.2) is 18.2 Å². The number of ether oxygens (including phenoxy) is 1. The number of fused-ring (bicyclic) bond motifs is 1. The molecule has 0 bridgehead atoms. The van der Waals surface area contributed by atoms with Gasteiger partial charge < -0.3 is 19.9 Å². The van der Waals surface area contributed by atoms with Crippen LogP contribution < -0.4 is 10.1 Å². The van der Waals surface area contributed by atoms with Gasteiger partial charge in [0, 0.05) is 24.5 Å². The molecule has 0 amide bonds. The standard InChI is InChI=1S/C21H24FN5O2/c1-13-18(22)20(23-7-10-27-8-3-4-9-27)26-21(24-13)19-16(12-28)15-6-5-14(29-2)11-17(15)25-19/h5-6,11-12,25H,3-4,7-10H2,1-2H3,(H,23,24,26). The van der Waals surface area contributed by atoms with Gasteiger partial charge in [-0.3, -0.25) is 4.79 Å². The Morgan fingerprint density at radius 2 is 2.10 bits per heavy atom. The monoisotopic (exact) mass is 397 g/mol. The highest BCUT2D eigenvalue weighted by atomic mass is 19.1. The van der Waals surface area contributed by atoms with E-state index in [4.69, 9.17) is 4.74 Å². The summed E-state index contributed by atoms with van der Waals surface area (Å²) >= 11 is 0. The summed E-state index contributed by atoms with van der Waals surface area (Å²) < 4.78 is 19.8. The van der Waals surface area contributed by atoms with E-state index in [1.54, 1.807) is 26.2 Å². The van der Waals surface area contributed by atoms with E-state index in [9.17, 15) is 9.18 Å². The van der Waals surface area contributed by atoms with Gasteiger partial charge in [0.05, 0.1) is 29.6 Å². The predicted octanol–water partition coefficient (Wildman–Crippen LogP) is 3.40. The minimum atomic E-state index is -0.472. The number of likely N-dealkylation sites (tertiary alicyclic amines) is 1. The third-order valence-electron chi connectivity index (χ3n) is 5.32. The molecule has 7 nitrogen and oxygen atoms in total. The molecule has 0 atom stereocenters. The maximum absolute atomic E-state index is 14.6. The van der Waals surface area contributed by atoms with Gasteiger partial charge in [0.1, 0.15) is 5.75 Å². The van der Waals surface area contributed by atoms with E-state index >= 15 is 0 Å². The van der Waals surface area contributed by atoms with Gasteiger partial charge in [0.15, 0.2) is 23.7 Å². The Bertz CT molecular complexity index is 1040. The van der Waals surface area contributed by atoms with Crippen molar-refractivity contribution in [1.29, 1.82) is 0 Å². The van der Waals surface area contributed by atoms with E-state index in [1.165, 1.54) is 12.8 Å². The second-order valence-corrected chi connectivity index (χ2v) is 7.21. The first-order valence-corrected chi connectivity index (χ1v) is 9.76. The molecule has 1 aliphatic rings. The van der Waals surface area contributed by atoms with Crippen molar-refractivity contribution < 1.29 is 13.9 Å². The number of carbonyl (C=O) groups is 1. The summed E-state index contributed by atoms with van der Waals surface area (Å²) in [5.41, 5.74) is 1.87. The summed E-state index contributed by atoms with van der Waals surface area (Å²) in [7, 11) is 1.58. The molecule has 4 rings (SSSR count). The summed E-state index contributed by atoms with van der Waals surface area (Å²) in [6.45, 7) is 5.19. The molecule has 29 heavy (non-hydrogen) atoms. The van der Waals surface area contributed by atoms with Crippen LogP contribution in [0.1, 0.15) is 28.9 Å². The third kappa shape index (κ3) is 3.80. The number of H-pyrrole nitrogens is 1. The predicted molar refractivity (Wildman–Crippen MR) is 110 cm³/mol. The summed E-state index contributed by atoms with van der Waals surface area (Å²) in [6, 6.07) is 5.40. The van der Waals surface area contributed by atoms with Crippen LogP contribution in [0.5, 0.6) is 5.75 Å². The van der Waals surface area contributed by atoms with E-state index in [-0.39, 0.29) is 17.3 Å². The number of aryl methyl sites for hydroxylation is 1. The first-order valence-electron chi connectivity index (χ1n) is 9.76. The molecule has 0 spiro atoms. The van der Waals surface area contributed by atoms with Gasteiger partial charge in [-0.05, 0) is 45.0 Å². The van der Waals surface area contributed by atoms with Crippen molar-refractivity contribution in [3.63, 3.8) is 0 Å². The Labute approximate surface area is 168 Å². The topological polar surface area (TPSA) is 83.1 Å². The van der Waals surface area contributed by atoms with Gasteiger partial charge in [-0.2, -0.15) is 0 Å². The average Bonchev–Trinajstić information content (AvgIpc) is 3.37. The number of aromatic nitrogens is 3. The highest BCUT2D eigenvalue weighted by molar-refractivity contribution is 6.04. The lowest BCUT2D eigenvalue weighted by Gasteiger charge is -2.16. The van der Waals surface area contributed by atoms with Crippen LogP contribution >= 0.6 is 0 Å². The lowest BCUT2D eigenvalue weighted by atomic mass is 10.1. The SMILES string of the molecule is COc1ccc2c(C=O)c(-c3nc(C)c(F)c(NCCN4CCCC4)n3)[nH]c2c1. The second kappa shape index (κ2) is 8.16. The van der Waals surface area contributed by atoms with Crippen LogP contribution in [0.4, 0.5) is 10.2 Å². The molecule has 0 aliphatic carbocycles. The largest absolute Gasteiger partial charge is 0.497 e. The van der Waals surface area contributed by atoms with Crippen molar-refractivity contribution in [1.82, 2.24) is 19.9 Å². The Hall–Kier alpha value is -3.00. The number of halogens is 1. The van der Waals surface area contributed by atoms with Crippen molar-refractivity contribution in [3.8, 4) is 17.3 Å². The Kier molecular flexibility index (Phi) is 5.44. The molecule has 152 valence electrons. The molecule has 8 heteroatoms. The van der Waals surface area contributed by atoms with Crippen LogP contribution in [0, 0.1) is 12.7 Å². The maximum Gasteiger partial charge on any atom is 0.186 e. The van der Waals surface area contributed by atoms with Crippen molar-refractivity contribution in [3.05, 3.63) is 35.3 Å². The first-order chi connectivity index (χ1) is 14.1. The fraction of sp³-hybridized carbons (Fsp3) is 0.381. The lowest BCUT2D eigenvalue weighted by molar-refractivity contribution is 0.112. The number of nitrogens with zero attached hydrogens (tertiary/aromatic N) is 3. The molecular weight excluding hydrogens is 373 g/mol. The van der Waals surface area contributed by atoms with Crippen molar-refractivity contribution in [2.45, 2.75) is 19.8 Å². The summed E-state index contributed by atoms with van der Waals surface area (Å²) in [4.78, 5) is 26.0. The summed E-state index contributed by atoms with van der Waals surface area (Å²) in [6.07, 6.45) is 3.19. The van der Waals surface area contributed by atoms with Crippen LogP contribution in [-0.2, 0) is 0 Å². The van der Waals surface area contributed by atoms with E-state index in [1.807, 2.05) is 6.07 Å². The van der Waals surface area contributed by atoms with E-state index < -0.39 is 5.82 Å². The van der Waals surface area contributed by atoms with Crippen LogP contribution in [-0.4, -0.2) is 59.4 Å². The number of hydrogen-bond donors (Lipinski definition) is 2. The molecule has 1 fully saturated rings. The molecular formula is C21H24FN5O2. The van der Waals surface area contributed by atoms with Crippen molar-refractivity contribution in [2.24, 2.45) is 0 Å². The van der Waals surface area contributed by atoms with E-state index in [0.29, 0.717) is 23.6 Å². The highest BCUT2D eigenvalue weighted by Crippen LogP contribution is 2.31. The summed E-state index contributed by atoms with van der Waals surface area (Å²) in [5.74, 6) is 0.633. The van der Waals surface area contributed by atoms with Gasteiger partial charge in [-0.1, -0.05) is 0 Å². The highest BCUT2D eigenvalue weighted by Gasteiger charge is 2.19. The number of rotatable bonds is 7. The number of benzene rings is 1. The van der Waals surface area contributed by atoms with Gasteiger partial charge in [0.25, 0.3) is 0 Å². The lowest BCUT2D eigenvalue weighted by Crippen LogP contribution is -2.26. The quantitative estimate of drug-likeness (QED) is 0.595. The van der Waals surface area contributed by atoms with Crippen molar-refractivity contribution in [2.75, 3.05) is 38.6 Å². The minimum absolute atomic E-state index is 0.153. The second-order valence-electron chi connectivity index (χ2n) is 7.21. The number of hydrogen-bond acceptors (Lipinski definition) is 6. The molecule has 3 heterocycles. The van der Waals surface area contributed by atoms with E-state index in [0.717, 1.165) is 36.8 Å². The van der Waals surface area contributed by atoms with Crippen LogP contribution in [0.3, 0.4) is 0 Å². The fourth-order valence-corrected chi connectivity index (χ4v) is 3.75. The Morgan fingerprint density at radius 1 is 1.31 bits per heavy atom. The molecule has 2 N–H and O–H groups in total. The molecule has 0 saturated carbocycles. The average molecular weight is 397 g/mol. The maximum atomic E-state index is 14.6. The van der Waals surface area contributed by atoms with Gasteiger partial charge in [-0.15, -0.1) is 0 Å². The molecule has 3 aromatic rings. The number of aldehydes is 1.